The van der Waals surface area contributed by atoms with Crippen molar-refractivity contribution in [1.82, 2.24) is 5.32 Å². The van der Waals surface area contributed by atoms with Gasteiger partial charge < -0.3 is 10.1 Å². The molecule has 0 spiro atoms. The van der Waals surface area contributed by atoms with Crippen LogP contribution in [0.4, 0.5) is 0 Å². The van der Waals surface area contributed by atoms with Crippen LogP contribution in [0.1, 0.15) is 52.9 Å². The van der Waals surface area contributed by atoms with Crippen LogP contribution >= 0.6 is 0 Å². The minimum Gasteiger partial charge on any atom is -0.381 e. The zero-order chi connectivity index (χ0) is 11.8. The molecule has 1 aliphatic heterocycles. The van der Waals surface area contributed by atoms with Crippen LogP contribution in [0.15, 0.2) is 0 Å². The molecule has 1 N–H and O–H groups in total. The van der Waals surface area contributed by atoms with E-state index in [0.717, 1.165) is 31.1 Å². The first-order valence-electron chi connectivity index (χ1n) is 7.09. The van der Waals surface area contributed by atoms with Crippen LogP contribution in [-0.4, -0.2) is 25.8 Å². The topological polar surface area (TPSA) is 21.3 Å². The first-order valence-corrected chi connectivity index (χ1v) is 7.09. The van der Waals surface area contributed by atoms with E-state index in [-0.39, 0.29) is 0 Å². The molecular weight excluding hydrogens is 198 g/mol. The summed E-state index contributed by atoms with van der Waals surface area (Å²) in [5.74, 6) is 1.69. The molecule has 0 aliphatic carbocycles. The predicted octanol–water partition coefficient (Wildman–Crippen LogP) is 3.22. The van der Waals surface area contributed by atoms with Gasteiger partial charge in [0.25, 0.3) is 0 Å². The van der Waals surface area contributed by atoms with Gasteiger partial charge in [0, 0.05) is 19.3 Å². The maximum atomic E-state index is 5.46. The van der Waals surface area contributed by atoms with E-state index < -0.39 is 0 Å². The Morgan fingerprint density at radius 1 is 1.25 bits per heavy atom. The number of hydrogen-bond acceptors (Lipinski definition) is 2. The Bertz CT molecular complexity index is 166. The number of rotatable bonds is 7. The molecule has 0 radical (unpaired) electrons. The van der Waals surface area contributed by atoms with Crippen molar-refractivity contribution in [2.75, 3.05) is 19.8 Å². The van der Waals surface area contributed by atoms with Crippen molar-refractivity contribution in [3.05, 3.63) is 0 Å². The second-order valence-corrected chi connectivity index (χ2v) is 5.26. The van der Waals surface area contributed by atoms with Gasteiger partial charge in [0.2, 0.25) is 0 Å². The van der Waals surface area contributed by atoms with Crippen molar-refractivity contribution in [3.63, 3.8) is 0 Å². The molecule has 0 amide bonds. The standard InChI is InChI=1S/C14H29NO/c1-4-8-15-14(11-12(3)5-2)13-6-9-16-10-7-13/h12-15H,4-11H2,1-3H3. The Balaban J connectivity index is 2.40. The summed E-state index contributed by atoms with van der Waals surface area (Å²) in [6.45, 7) is 10.0. The van der Waals surface area contributed by atoms with Gasteiger partial charge in [-0.3, -0.25) is 0 Å². The lowest BCUT2D eigenvalue weighted by atomic mass is 9.85. The summed E-state index contributed by atoms with van der Waals surface area (Å²) >= 11 is 0. The highest BCUT2D eigenvalue weighted by atomic mass is 16.5. The Morgan fingerprint density at radius 2 is 1.94 bits per heavy atom. The summed E-state index contributed by atoms with van der Waals surface area (Å²) in [6.07, 6.45) is 6.37. The summed E-state index contributed by atoms with van der Waals surface area (Å²) in [6, 6.07) is 0.721. The molecule has 0 aromatic carbocycles. The van der Waals surface area contributed by atoms with Crippen LogP contribution in [-0.2, 0) is 4.74 Å². The maximum Gasteiger partial charge on any atom is 0.0469 e. The second kappa shape index (κ2) is 8.08. The average Bonchev–Trinajstić information content (AvgIpc) is 2.35. The third kappa shape index (κ3) is 4.84. The molecule has 2 unspecified atom stereocenters. The summed E-state index contributed by atoms with van der Waals surface area (Å²) in [4.78, 5) is 0. The van der Waals surface area contributed by atoms with E-state index in [4.69, 9.17) is 4.74 Å². The predicted molar refractivity (Wildman–Crippen MR) is 69.7 cm³/mol. The minimum atomic E-state index is 0.721. The lowest BCUT2D eigenvalue weighted by Gasteiger charge is -2.32. The van der Waals surface area contributed by atoms with Gasteiger partial charge in [0.1, 0.15) is 0 Å². The Morgan fingerprint density at radius 3 is 2.50 bits per heavy atom. The van der Waals surface area contributed by atoms with E-state index in [1.54, 1.807) is 0 Å². The highest BCUT2D eigenvalue weighted by Gasteiger charge is 2.24. The molecule has 2 nitrogen and oxygen atoms in total. The van der Waals surface area contributed by atoms with Gasteiger partial charge in [0.15, 0.2) is 0 Å². The largest absolute Gasteiger partial charge is 0.381 e. The molecular formula is C14H29NO. The number of hydrogen-bond donors (Lipinski definition) is 1. The number of nitrogens with one attached hydrogen (secondary N) is 1. The van der Waals surface area contributed by atoms with Gasteiger partial charge in [-0.1, -0.05) is 27.2 Å². The fraction of sp³-hybridized carbons (Fsp3) is 1.00. The van der Waals surface area contributed by atoms with Gasteiger partial charge >= 0.3 is 0 Å². The van der Waals surface area contributed by atoms with E-state index in [1.165, 1.54) is 38.6 Å². The zero-order valence-corrected chi connectivity index (χ0v) is 11.3. The first kappa shape index (κ1) is 14.0. The smallest absolute Gasteiger partial charge is 0.0469 e. The fourth-order valence-corrected chi connectivity index (χ4v) is 2.49. The SMILES string of the molecule is CCCNC(CC(C)CC)C1CCOCC1. The van der Waals surface area contributed by atoms with E-state index >= 15 is 0 Å². The van der Waals surface area contributed by atoms with Crippen molar-refractivity contribution >= 4 is 0 Å². The van der Waals surface area contributed by atoms with Crippen LogP contribution in [0.3, 0.4) is 0 Å². The van der Waals surface area contributed by atoms with Crippen LogP contribution in [0.2, 0.25) is 0 Å². The van der Waals surface area contributed by atoms with Crippen LogP contribution in [0.25, 0.3) is 0 Å². The van der Waals surface area contributed by atoms with Crippen molar-refractivity contribution in [3.8, 4) is 0 Å². The van der Waals surface area contributed by atoms with Crippen LogP contribution in [0, 0.1) is 11.8 Å². The number of ether oxygens (including phenoxy) is 1. The zero-order valence-electron chi connectivity index (χ0n) is 11.3. The Hall–Kier alpha value is -0.0800. The molecule has 0 aromatic rings. The average molecular weight is 227 g/mol. The molecule has 0 saturated carbocycles. The highest BCUT2D eigenvalue weighted by Crippen LogP contribution is 2.24. The lowest BCUT2D eigenvalue weighted by molar-refractivity contribution is 0.0504. The van der Waals surface area contributed by atoms with Crippen molar-refractivity contribution in [2.45, 2.75) is 58.9 Å². The quantitative estimate of drug-likeness (QED) is 0.721. The molecule has 1 fully saturated rings. The summed E-state index contributed by atoms with van der Waals surface area (Å²) in [7, 11) is 0. The second-order valence-electron chi connectivity index (χ2n) is 5.26. The third-order valence-corrected chi connectivity index (χ3v) is 3.84. The molecule has 2 heteroatoms. The Kier molecular flexibility index (Phi) is 7.06. The van der Waals surface area contributed by atoms with E-state index in [2.05, 4.69) is 26.1 Å². The molecule has 2 atom stereocenters. The maximum absolute atomic E-state index is 5.46. The molecule has 96 valence electrons. The van der Waals surface area contributed by atoms with Crippen molar-refractivity contribution < 1.29 is 4.74 Å². The molecule has 1 aliphatic rings. The Labute approximate surface area is 101 Å². The molecule has 1 saturated heterocycles. The summed E-state index contributed by atoms with van der Waals surface area (Å²) in [5, 5.41) is 3.75. The molecule has 1 rings (SSSR count). The van der Waals surface area contributed by atoms with Gasteiger partial charge in [-0.15, -0.1) is 0 Å². The first-order chi connectivity index (χ1) is 7.77. The van der Waals surface area contributed by atoms with E-state index in [9.17, 15) is 0 Å². The summed E-state index contributed by atoms with van der Waals surface area (Å²) in [5.41, 5.74) is 0. The van der Waals surface area contributed by atoms with Crippen LogP contribution < -0.4 is 5.32 Å². The van der Waals surface area contributed by atoms with Crippen molar-refractivity contribution in [1.29, 1.82) is 0 Å². The van der Waals surface area contributed by atoms with Gasteiger partial charge in [-0.2, -0.15) is 0 Å². The van der Waals surface area contributed by atoms with Crippen molar-refractivity contribution in [2.24, 2.45) is 11.8 Å². The van der Waals surface area contributed by atoms with Gasteiger partial charge in [0.05, 0.1) is 0 Å². The third-order valence-electron chi connectivity index (χ3n) is 3.84. The normalized spacial score (nSPS) is 21.9. The highest BCUT2D eigenvalue weighted by molar-refractivity contribution is 4.79. The van der Waals surface area contributed by atoms with E-state index in [0.29, 0.717) is 0 Å². The van der Waals surface area contributed by atoms with E-state index in [1.807, 2.05) is 0 Å². The minimum absolute atomic E-state index is 0.721. The molecule has 1 heterocycles. The van der Waals surface area contributed by atoms with Gasteiger partial charge in [-0.25, -0.2) is 0 Å². The summed E-state index contributed by atoms with van der Waals surface area (Å²) < 4.78 is 5.46. The molecule has 16 heavy (non-hydrogen) atoms. The van der Waals surface area contributed by atoms with Gasteiger partial charge in [-0.05, 0) is 44.1 Å². The lowest BCUT2D eigenvalue weighted by Crippen LogP contribution is -2.40. The molecule has 0 bridgehead atoms. The molecule has 0 aromatic heterocycles. The fourth-order valence-electron chi connectivity index (χ4n) is 2.49. The van der Waals surface area contributed by atoms with Crippen LogP contribution in [0.5, 0.6) is 0 Å². The monoisotopic (exact) mass is 227 g/mol.